The van der Waals surface area contributed by atoms with Crippen molar-refractivity contribution in [3.05, 3.63) is 78.1 Å². The number of esters is 1. The molecule has 2 aromatic carbocycles. The number of amides is 1. The first kappa shape index (κ1) is 22.8. The molecule has 34 heavy (non-hydrogen) atoms. The Labute approximate surface area is 196 Å². The molecule has 4 rings (SSSR count). The Balaban J connectivity index is 1.68. The second kappa shape index (κ2) is 10.0. The third-order valence-corrected chi connectivity index (χ3v) is 5.43. The van der Waals surface area contributed by atoms with E-state index in [1.54, 1.807) is 28.9 Å². The van der Waals surface area contributed by atoms with Crippen molar-refractivity contribution in [1.82, 2.24) is 19.9 Å². The largest absolute Gasteiger partial charge is 0.493 e. The maximum atomic E-state index is 13.3. The minimum atomic E-state index is -0.674. The highest BCUT2D eigenvalue weighted by Crippen LogP contribution is 2.31. The summed E-state index contributed by atoms with van der Waals surface area (Å²) >= 11 is 0. The number of methoxy groups -OCH3 is 3. The Morgan fingerprint density at radius 3 is 2.47 bits per heavy atom. The normalized spacial score (nSPS) is 11.6. The van der Waals surface area contributed by atoms with E-state index in [1.165, 1.54) is 27.5 Å². The molecular weight excluding hydrogens is 436 g/mol. The zero-order chi connectivity index (χ0) is 24.1. The summed E-state index contributed by atoms with van der Waals surface area (Å²) in [5, 5.41) is 7.30. The Bertz CT molecular complexity index is 1320. The number of aromatic nitrogens is 3. The van der Waals surface area contributed by atoms with E-state index in [0.29, 0.717) is 22.7 Å². The highest BCUT2D eigenvalue weighted by molar-refractivity contribution is 6.00. The van der Waals surface area contributed by atoms with E-state index < -0.39 is 17.9 Å². The van der Waals surface area contributed by atoms with Gasteiger partial charge in [-0.25, -0.2) is 9.50 Å². The van der Waals surface area contributed by atoms with E-state index in [4.69, 9.17) is 14.2 Å². The van der Waals surface area contributed by atoms with Crippen molar-refractivity contribution in [2.75, 3.05) is 21.3 Å². The summed E-state index contributed by atoms with van der Waals surface area (Å²) < 4.78 is 17.1. The van der Waals surface area contributed by atoms with Crippen molar-refractivity contribution >= 4 is 17.5 Å². The number of carbonyl (C=O) groups is 2. The maximum absolute atomic E-state index is 13.3. The molecule has 0 saturated carbocycles. The average molecular weight is 460 g/mol. The van der Waals surface area contributed by atoms with Crippen molar-refractivity contribution in [2.24, 2.45) is 0 Å². The molecule has 0 radical (unpaired) electrons. The summed E-state index contributed by atoms with van der Waals surface area (Å²) in [6, 6.07) is 16.1. The van der Waals surface area contributed by atoms with Crippen LogP contribution in [0.3, 0.4) is 0 Å². The number of benzene rings is 2. The molecular formula is C25H24N4O5. The van der Waals surface area contributed by atoms with Gasteiger partial charge in [0, 0.05) is 11.8 Å². The SMILES string of the molecule is COC(=O)CC(NC(=O)c1cnn2c(-c3ccccc3)ccnc12)c1ccc(OC)c(OC)c1. The van der Waals surface area contributed by atoms with Gasteiger partial charge in [-0.1, -0.05) is 36.4 Å². The van der Waals surface area contributed by atoms with Crippen LogP contribution in [0, 0.1) is 0 Å². The van der Waals surface area contributed by atoms with Crippen molar-refractivity contribution in [3.8, 4) is 22.8 Å². The number of nitrogens with zero attached hydrogens (tertiary/aromatic N) is 3. The third-order valence-electron chi connectivity index (χ3n) is 5.43. The highest BCUT2D eigenvalue weighted by atomic mass is 16.5. The number of carbonyl (C=O) groups excluding carboxylic acids is 2. The highest BCUT2D eigenvalue weighted by Gasteiger charge is 2.24. The van der Waals surface area contributed by atoms with Gasteiger partial charge in [-0.15, -0.1) is 0 Å². The summed E-state index contributed by atoms with van der Waals surface area (Å²) in [6.07, 6.45) is 3.03. The van der Waals surface area contributed by atoms with Gasteiger partial charge < -0.3 is 19.5 Å². The van der Waals surface area contributed by atoms with Gasteiger partial charge in [-0.3, -0.25) is 9.59 Å². The molecule has 1 amide bonds. The average Bonchev–Trinajstić information content (AvgIpc) is 3.32. The standard InChI is InChI=1S/C25H24N4O5/c1-32-21-10-9-17(13-22(21)33-2)19(14-23(30)34-3)28-25(31)18-15-27-29-20(11-12-26-24(18)29)16-7-5-4-6-8-16/h4-13,15,19H,14H2,1-3H3,(H,28,31). The van der Waals surface area contributed by atoms with E-state index in [9.17, 15) is 9.59 Å². The van der Waals surface area contributed by atoms with E-state index in [0.717, 1.165) is 11.3 Å². The predicted octanol–water partition coefficient (Wildman–Crippen LogP) is 3.45. The second-order valence-electron chi connectivity index (χ2n) is 7.41. The molecule has 1 N–H and O–H groups in total. The fourth-order valence-electron chi connectivity index (χ4n) is 3.69. The molecule has 0 saturated heterocycles. The molecule has 0 aliphatic carbocycles. The van der Waals surface area contributed by atoms with Gasteiger partial charge in [0.15, 0.2) is 17.1 Å². The molecule has 0 aliphatic heterocycles. The summed E-state index contributed by atoms with van der Waals surface area (Å²) in [5.41, 5.74) is 3.09. The Kier molecular flexibility index (Phi) is 6.72. The van der Waals surface area contributed by atoms with Crippen molar-refractivity contribution < 1.29 is 23.8 Å². The molecule has 1 atom stereocenters. The molecule has 1 unspecified atom stereocenters. The lowest BCUT2D eigenvalue weighted by atomic mass is 10.0. The molecule has 2 heterocycles. The monoisotopic (exact) mass is 460 g/mol. The fraction of sp³-hybridized carbons (Fsp3) is 0.200. The minimum absolute atomic E-state index is 0.0698. The summed E-state index contributed by atoms with van der Waals surface area (Å²) in [5.74, 6) is 0.129. The first-order valence-corrected chi connectivity index (χ1v) is 10.5. The number of hydrogen-bond donors (Lipinski definition) is 1. The fourth-order valence-corrected chi connectivity index (χ4v) is 3.69. The lowest BCUT2D eigenvalue weighted by Crippen LogP contribution is -2.30. The first-order chi connectivity index (χ1) is 16.5. The lowest BCUT2D eigenvalue weighted by molar-refractivity contribution is -0.141. The van der Waals surface area contributed by atoms with E-state index in [-0.39, 0.29) is 12.0 Å². The van der Waals surface area contributed by atoms with Gasteiger partial charge >= 0.3 is 5.97 Å². The van der Waals surface area contributed by atoms with Crippen LogP contribution < -0.4 is 14.8 Å². The number of fused-ring (bicyclic) bond motifs is 1. The molecule has 4 aromatic rings. The van der Waals surface area contributed by atoms with E-state index >= 15 is 0 Å². The van der Waals surface area contributed by atoms with Crippen LogP contribution in [0.15, 0.2) is 67.0 Å². The van der Waals surface area contributed by atoms with Crippen LogP contribution in [0.2, 0.25) is 0 Å². The van der Waals surface area contributed by atoms with E-state index in [2.05, 4.69) is 15.4 Å². The predicted molar refractivity (Wildman–Crippen MR) is 125 cm³/mol. The summed E-state index contributed by atoms with van der Waals surface area (Å²) in [6.45, 7) is 0. The van der Waals surface area contributed by atoms with Crippen molar-refractivity contribution in [2.45, 2.75) is 12.5 Å². The third kappa shape index (κ3) is 4.54. The van der Waals surface area contributed by atoms with Crippen LogP contribution in [0.25, 0.3) is 16.9 Å². The zero-order valence-electron chi connectivity index (χ0n) is 19.0. The molecule has 174 valence electrons. The number of nitrogens with one attached hydrogen (secondary N) is 1. The zero-order valence-corrected chi connectivity index (χ0v) is 19.0. The van der Waals surface area contributed by atoms with Gasteiger partial charge in [-0.2, -0.15) is 5.10 Å². The number of rotatable bonds is 8. The summed E-state index contributed by atoms with van der Waals surface area (Å²) in [7, 11) is 4.35. The topological polar surface area (TPSA) is 104 Å². The number of ether oxygens (including phenoxy) is 3. The quantitative estimate of drug-likeness (QED) is 0.402. The van der Waals surface area contributed by atoms with Gasteiger partial charge in [0.2, 0.25) is 0 Å². The molecule has 0 aliphatic rings. The van der Waals surface area contributed by atoms with Crippen LogP contribution in [0.1, 0.15) is 28.4 Å². The van der Waals surface area contributed by atoms with Gasteiger partial charge in [0.25, 0.3) is 5.91 Å². The van der Waals surface area contributed by atoms with Gasteiger partial charge in [-0.05, 0) is 23.8 Å². The van der Waals surface area contributed by atoms with Crippen LogP contribution in [-0.4, -0.2) is 47.8 Å². The molecule has 0 bridgehead atoms. The Morgan fingerprint density at radius 1 is 1.00 bits per heavy atom. The maximum Gasteiger partial charge on any atom is 0.307 e. The van der Waals surface area contributed by atoms with Crippen molar-refractivity contribution in [1.29, 1.82) is 0 Å². The Hall–Kier alpha value is -4.40. The van der Waals surface area contributed by atoms with Crippen molar-refractivity contribution in [3.63, 3.8) is 0 Å². The van der Waals surface area contributed by atoms with E-state index in [1.807, 2.05) is 36.4 Å². The van der Waals surface area contributed by atoms with Crippen LogP contribution >= 0.6 is 0 Å². The van der Waals surface area contributed by atoms with Crippen LogP contribution in [0.4, 0.5) is 0 Å². The molecule has 2 aromatic heterocycles. The minimum Gasteiger partial charge on any atom is -0.493 e. The molecule has 0 spiro atoms. The molecule has 9 nitrogen and oxygen atoms in total. The van der Waals surface area contributed by atoms with Gasteiger partial charge in [0.1, 0.15) is 5.56 Å². The summed E-state index contributed by atoms with van der Waals surface area (Å²) in [4.78, 5) is 29.8. The Morgan fingerprint density at radius 2 is 1.76 bits per heavy atom. The van der Waals surface area contributed by atoms with Crippen LogP contribution in [0.5, 0.6) is 11.5 Å². The first-order valence-electron chi connectivity index (χ1n) is 10.5. The molecule has 0 fully saturated rings. The molecule has 9 heteroatoms. The van der Waals surface area contributed by atoms with Gasteiger partial charge in [0.05, 0.1) is 45.7 Å². The smallest absolute Gasteiger partial charge is 0.307 e. The number of hydrogen-bond acceptors (Lipinski definition) is 7. The second-order valence-corrected chi connectivity index (χ2v) is 7.41. The van der Waals surface area contributed by atoms with Crippen LogP contribution in [-0.2, 0) is 9.53 Å². The lowest BCUT2D eigenvalue weighted by Gasteiger charge is -2.19.